The standard InChI is InChI=1S/C25H26FN5O2S/c1-16-22-23(31(29-16)20-10-5-9-19(26)13-20)28-25(34-22)30-12-6-8-18(15-30)24(32)27-14-17-7-3-4-11-21(17)33-2/h3-5,7,9-11,13,18H,6,8,12,14-15H2,1-2H3,(H,27,32)/t18-/m1/s1. The van der Waals surface area contributed by atoms with E-state index in [1.165, 1.54) is 12.1 Å². The van der Waals surface area contributed by atoms with E-state index in [-0.39, 0.29) is 17.6 Å². The number of para-hydroxylation sites is 1. The molecule has 1 aliphatic heterocycles. The van der Waals surface area contributed by atoms with E-state index in [9.17, 15) is 9.18 Å². The summed E-state index contributed by atoms with van der Waals surface area (Å²) in [5.74, 6) is 0.382. The van der Waals surface area contributed by atoms with Crippen molar-refractivity contribution in [1.29, 1.82) is 0 Å². The number of hydrogen-bond donors (Lipinski definition) is 1. The van der Waals surface area contributed by atoms with Gasteiger partial charge in [0.25, 0.3) is 0 Å². The monoisotopic (exact) mass is 479 g/mol. The predicted octanol–water partition coefficient (Wildman–Crippen LogP) is 4.47. The molecule has 1 atom stereocenters. The van der Waals surface area contributed by atoms with Crippen LogP contribution in [0.1, 0.15) is 24.1 Å². The summed E-state index contributed by atoms with van der Waals surface area (Å²) < 4.78 is 21.8. The second kappa shape index (κ2) is 9.42. The van der Waals surface area contributed by atoms with Gasteiger partial charge >= 0.3 is 0 Å². The topological polar surface area (TPSA) is 72.3 Å². The van der Waals surface area contributed by atoms with E-state index in [1.807, 2.05) is 37.3 Å². The largest absolute Gasteiger partial charge is 0.496 e. The van der Waals surface area contributed by atoms with Gasteiger partial charge in [0, 0.05) is 25.2 Å². The summed E-state index contributed by atoms with van der Waals surface area (Å²) in [5.41, 5.74) is 3.16. The first-order chi connectivity index (χ1) is 16.5. The van der Waals surface area contributed by atoms with Crippen LogP contribution < -0.4 is 15.0 Å². The van der Waals surface area contributed by atoms with Crippen LogP contribution >= 0.6 is 11.3 Å². The van der Waals surface area contributed by atoms with Gasteiger partial charge in [-0.05, 0) is 44.0 Å². The lowest BCUT2D eigenvalue weighted by molar-refractivity contribution is -0.125. The van der Waals surface area contributed by atoms with Gasteiger partial charge in [-0.2, -0.15) is 10.1 Å². The molecule has 0 bridgehead atoms. The number of piperidine rings is 1. The molecule has 0 unspecified atom stereocenters. The molecule has 1 amide bonds. The zero-order valence-electron chi connectivity index (χ0n) is 19.1. The normalized spacial score (nSPS) is 16.1. The van der Waals surface area contributed by atoms with Crippen LogP contribution in [0, 0.1) is 18.7 Å². The van der Waals surface area contributed by atoms with Crippen molar-refractivity contribution in [3.63, 3.8) is 0 Å². The van der Waals surface area contributed by atoms with Gasteiger partial charge in [0.05, 0.1) is 29.1 Å². The number of aryl methyl sites for hydroxylation is 1. The van der Waals surface area contributed by atoms with E-state index in [0.717, 1.165) is 46.2 Å². The summed E-state index contributed by atoms with van der Waals surface area (Å²) in [7, 11) is 1.63. The summed E-state index contributed by atoms with van der Waals surface area (Å²) in [5, 5.41) is 8.50. The molecule has 1 aliphatic rings. The molecule has 2 aromatic heterocycles. The lowest BCUT2D eigenvalue weighted by Crippen LogP contribution is -2.43. The third kappa shape index (κ3) is 4.35. The number of anilines is 1. The number of amides is 1. The number of fused-ring (bicyclic) bond motifs is 1. The van der Waals surface area contributed by atoms with Gasteiger partial charge in [-0.15, -0.1) is 0 Å². The smallest absolute Gasteiger partial charge is 0.225 e. The lowest BCUT2D eigenvalue weighted by Gasteiger charge is -2.31. The number of nitrogens with zero attached hydrogens (tertiary/aromatic N) is 4. The molecular formula is C25H26FN5O2S. The SMILES string of the molecule is COc1ccccc1CNC(=O)[C@@H]1CCCN(c2nc3c(s2)c(C)nn3-c2cccc(F)c2)C1. The average Bonchev–Trinajstić information content (AvgIpc) is 3.43. The maximum atomic E-state index is 13.8. The zero-order valence-corrected chi connectivity index (χ0v) is 19.9. The van der Waals surface area contributed by atoms with Crippen molar-refractivity contribution in [3.05, 3.63) is 65.6 Å². The van der Waals surface area contributed by atoms with Crippen molar-refractivity contribution in [2.45, 2.75) is 26.3 Å². The number of hydrogen-bond acceptors (Lipinski definition) is 6. The predicted molar refractivity (Wildman–Crippen MR) is 131 cm³/mol. The Balaban J connectivity index is 1.32. The van der Waals surface area contributed by atoms with Crippen LogP contribution in [0.5, 0.6) is 5.75 Å². The van der Waals surface area contributed by atoms with Crippen molar-refractivity contribution in [2.75, 3.05) is 25.1 Å². The van der Waals surface area contributed by atoms with Gasteiger partial charge in [0.15, 0.2) is 10.8 Å². The molecule has 7 nitrogen and oxygen atoms in total. The minimum Gasteiger partial charge on any atom is -0.496 e. The van der Waals surface area contributed by atoms with Crippen LogP contribution in [0.25, 0.3) is 16.0 Å². The fourth-order valence-corrected chi connectivity index (χ4v) is 5.41. The Morgan fingerprint density at radius 3 is 2.94 bits per heavy atom. The number of benzene rings is 2. The fourth-order valence-electron chi connectivity index (χ4n) is 4.39. The van der Waals surface area contributed by atoms with Crippen molar-refractivity contribution >= 4 is 32.7 Å². The molecule has 9 heteroatoms. The van der Waals surface area contributed by atoms with Gasteiger partial charge in [-0.3, -0.25) is 4.79 Å². The Morgan fingerprint density at radius 2 is 2.12 bits per heavy atom. The molecule has 0 spiro atoms. The van der Waals surface area contributed by atoms with Crippen molar-refractivity contribution in [3.8, 4) is 11.4 Å². The van der Waals surface area contributed by atoms with Gasteiger partial charge in [-0.25, -0.2) is 9.07 Å². The molecule has 176 valence electrons. The fraction of sp³-hybridized carbons (Fsp3) is 0.320. The number of nitrogens with one attached hydrogen (secondary N) is 1. The Hall–Kier alpha value is -3.46. The van der Waals surface area contributed by atoms with Gasteiger partial charge in [0.2, 0.25) is 5.91 Å². The Bertz CT molecular complexity index is 1330. The molecule has 0 radical (unpaired) electrons. The maximum absolute atomic E-state index is 13.8. The molecule has 0 saturated carbocycles. The van der Waals surface area contributed by atoms with Crippen molar-refractivity contribution in [1.82, 2.24) is 20.1 Å². The summed E-state index contributed by atoms with van der Waals surface area (Å²) in [6.45, 7) is 3.83. The van der Waals surface area contributed by atoms with E-state index < -0.39 is 0 Å². The van der Waals surface area contributed by atoms with Crippen LogP contribution in [0.15, 0.2) is 48.5 Å². The number of halogens is 1. The van der Waals surface area contributed by atoms with Crippen LogP contribution in [0.3, 0.4) is 0 Å². The van der Waals surface area contributed by atoms with Crippen LogP contribution in [-0.4, -0.2) is 40.9 Å². The lowest BCUT2D eigenvalue weighted by atomic mass is 9.97. The molecule has 0 aliphatic carbocycles. The highest BCUT2D eigenvalue weighted by Gasteiger charge is 2.28. The summed E-state index contributed by atoms with van der Waals surface area (Å²) in [6.07, 6.45) is 1.76. The molecular weight excluding hydrogens is 453 g/mol. The number of thiazole rings is 1. The first-order valence-corrected chi connectivity index (χ1v) is 12.1. The van der Waals surface area contributed by atoms with E-state index in [1.54, 1.807) is 29.2 Å². The van der Waals surface area contributed by atoms with E-state index >= 15 is 0 Å². The third-order valence-corrected chi connectivity index (χ3v) is 7.35. The average molecular weight is 480 g/mol. The molecule has 1 saturated heterocycles. The molecule has 3 heterocycles. The highest BCUT2D eigenvalue weighted by Crippen LogP contribution is 2.34. The maximum Gasteiger partial charge on any atom is 0.225 e. The Kier molecular flexibility index (Phi) is 6.19. The zero-order chi connectivity index (χ0) is 23.7. The second-order valence-electron chi connectivity index (χ2n) is 8.44. The highest BCUT2D eigenvalue weighted by molar-refractivity contribution is 7.22. The van der Waals surface area contributed by atoms with E-state index in [0.29, 0.717) is 24.4 Å². The molecule has 1 N–H and O–H groups in total. The number of rotatable bonds is 6. The van der Waals surface area contributed by atoms with Gasteiger partial charge in [-0.1, -0.05) is 35.6 Å². The van der Waals surface area contributed by atoms with E-state index in [4.69, 9.17) is 9.72 Å². The molecule has 4 aromatic rings. The first-order valence-electron chi connectivity index (χ1n) is 11.3. The molecule has 1 fully saturated rings. The van der Waals surface area contributed by atoms with Crippen molar-refractivity contribution in [2.24, 2.45) is 5.92 Å². The van der Waals surface area contributed by atoms with Crippen LogP contribution in [-0.2, 0) is 11.3 Å². The number of carbonyl (C=O) groups is 1. The summed E-state index contributed by atoms with van der Waals surface area (Å²) >= 11 is 1.57. The summed E-state index contributed by atoms with van der Waals surface area (Å²) in [4.78, 5) is 20.0. The van der Waals surface area contributed by atoms with Gasteiger partial charge in [0.1, 0.15) is 11.6 Å². The van der Waals surface area contributed by atoms with E-state index in [2.05, 4.69) is 15.3 Å². The quantitative estimate of drug-likeness (QED) is 0.442. The van der Waals surface area contributed by atoms with Gasteiger partial charge < -0.3 is 15.0 Å². The van der Waals surface area contributed by atoms with Crippen molar-refractivity contribution < 1.29 is 13.9 Å². The second-order valence-corrected chi connectivity index (χ2v) is 9.42. The number of ether oxygens (including phenoxy) is 1. The third-order valence-electron chi connectivity index (χ3n) is 6.14. The highest BCUT2D eigenvalue weighted by atomic mass is 32.1. The number of aromatic nitrogens is 3. The first kappa shape index (κ1) is 22.3. The van der Waals surface area contributed by atoms with Crippen LogP contribution in [0.2, 0.25) is 0 Å². The Morgan fingerprint density at radius 1 is 1.26 bits per heavy atom. The number of carbonyl (C=O) groups excluding carboxylic acids is 1. The number of methoxy groups -OCH3 is 1. The van der Waals surface area contributed by atoms with Crippen LogP contribution in [0.4, 0.5) is 9.52 Å². The summed E-state index contributed by atoms with van der Waals surface area (Å²) in [6, 6.07) is 14.0. The molecule has 2 aromatic carbocycles. The minimum absolute atomic E-state index is 0.0406. The minimum atomic E-state index is -0.313. The molecule has 34 heavy (non-hydrogen) atoms. The molecule has 5 rings (SSSR count). The Labute approximate surface area is 201 Å².